The summed E-state index contributed by atoms with van der Waals surface area (Å²) in [4.78, 5) is 24.9. The molecule has 0 bridgehead atoms. The minimum absolute atomic E-state index is 0.00576. The van der Waals surface area contributed by atoms with Gasteiger partial charge in [0.05, 0.1) is 13.2 Å². The quantitative estimate of drug-likeness (QED) is 0.0837. The average Bonchev–Trinajstić information content (AvgIpc) is 3.34. The molecular weight excluding hydrogens is 672 g/mol. The number of allylic oxidation sites excluding steroid dienone is 2. The van der Waals surface area contributed by atoms with E-state index in [9.17, 15) is 45.3 Å². The second kappa shape index (κ2) is 15.8. The standard InChI is InChI=1S/C36H48O15/c1-18(2)22-9-5-19(3)23(15-46-21-8-6-20-7-10-28(40)48-24(20)13-21)35(22,4)12-11-27(39)47-16-26-29(41)31(43)32(44)34(49-26)51-36(17-38)33(45)30(42)25(14-37)50-36/h5-8,10,13,22-23,25-26,29-34,37-38,41-45H,1,9,11-12,14-17H2,2-4H3/t22?,23?,25-,26-,29-,30-,31+,32-,33+,34-,35?,36+/m1/s1. The molecule has 2 saturated heterocycles. The zero-order chi connectivity index (χ0) is 37.2. The molecule has 2 fully saturated rings. The van der Waals surface area contributed by atoms with Gasteiger partial charge in [0.2, 0.25) is 5.79 Å². The molecule has 0 amide bonds. The molecule has 2 aliphatic heterocycles. The van der Waals surface area contributed by atoms with Gasteiger partial charge in [-0.3, -0.25) is 4.79 Å². The molecule has 282 valence electrons. The van der Waals surface area contributed by atoms with Crippen LogP contribution in [-0.4, -0.2) is 123 Å². The van der Waals surface area contributed by atoms with Gasteiger partial charge in [-0.05, 0) is 56.2 Å². The number of fused-ring (bicyclic) bond motifs is 1. The Morgan fingerprint density at radius 2 is 1.73 bits per heavy atom. The Morgan fingerprint density at radius 3 is 2.39 bits per heavy atom. The molecular formula is C36H48O15. The predicted molar refractivity (Wildman–Crippen MR) is 178 cm³/mol. The summed E-state index contributed by atoms with van der Waals surface area (Å²) in [7, 11) is 0. The van der Waals surface area contributed by atoms with Crippen molar-refractivity contribution in [1.29, 1.82) is 0 Å². The van der Waals surface area contributed by atoms with E-state index in [4.69, 9.17) is 28.1 Å². The second-order valence-electron chi connectivity index (χ2n) is 14.0. The van der Waals surface area contributed by atoms with Crippen molar-refractivity contribution in [3.63, 3.8) is 0 Å². The van der Waals surface area contributed by atoms with Crippen molar-refractivity contribution in [3.8, 4) is 5.75 Å². The highest BCUT2D eigenvalue weighted by Gasteiger charge is 2.58. The number of carbonyl (C=O) groups is 1. The van der Waals surface area contributed by atoms with E-state index in [1.54, 1.807) is 24.3 Å². The van der Waals surface area contributed by atoms with Crippen molar-refractivity contribution in [2.24, 2.45) is 17.3 Å². The zero-order valence-electron chi connectivity index (χ0n) is 28.8. The first-order valence-corrected chi connectivity index (χ1v) is 16.9. The van der Waals surface area contributed by atoms with Crippen LogP contribution in [0.1, 0.15) is 40.0 Å². The molecule has 1 aromatic heterocycles. The van der Waals surface area contributed by atoms with Crippen LogP contribution in [0.2, 0.25) is 0 Å². The van der Waals surface area contributed by atoms with Gasteiger partial charge in [-0.1, -0.05) is 30.7 Å². The first-order valence-electron chi connectivity index (χ1n) is 16.9. The monoisotopic (exact) mass is 720 g/mol. The number of esters is 1. The number of rotatable bonds is 13. The average molecular weight is 721 g/mol. The van der Waals surface area contributed by atoms with E-state index in [-0.39, 0.29) is 24.9 Å². The summed E-state index contributed by atoms with van der Waals surface area (Å²) in [5.41, 5.74) is 1.47. The van der Waals surface area contributed by atoms with Crippen LogP contribution in [0, 0.1) is 17.3 Å². The normalized spacial score (nSPS) is 36.9. The Labute approximate surface area is 294 Å². The fourth-order valence-corrected chi connectivity index (χ4v) is 7.46. The molecule has 0 radical (unpaired) electrons. The number of ether oxygens (including phenoxy) is 5. The third kappa shape index (κ3) is 7.93. The van der Waals surface area contributed by atoms with E-state index in [0.29, 0.717) is 17.8 Å². The number of hydrogen-bond donors (Lipinski definition) is 7. The molecule has 51 heavy (non-hydrogen) atoms. The molecule has 3 unspecified atom stereocenters. The molecule has 0 spiro atoms. The summed E-state index contributed by atoms with van der Waals surface area (Å²) < 4.78 is 33.5. The maximum atomic E-state index is 13.2. The van der Waals surface area contributed by atoms with Crippen molar-refractivity contribution in [2.75, 3.05) is 26.4 Å². The van der Waals surface area contributed by atoms with Crippen molar-refractivity contribution >= 4 is 16.9 Å². The topological polar surface area (TPSA) is 235 Å². The SMILES string of the molecule is C=C(C)C1CC=C(C)C(COc2ccc3ccc(=O)oc3c2)C1(C)CCC(=O)OC[C@H]1O[C@H](O[C@]2(CO)O[C@H](CO)[C@@H](O)[C@@H]2O)[C@H](O)[C@@H](O)[C@@H]1O. The van der Waals surface area contributed by atoms with E-state index in [0.717, 1.165) is 23.0 Å². The van der Waals surface area contributed by atoms with E-state index in [1.807, 2.05) is 13.8 Å². The van der Waals surface area contributed by atoms with Gasteiger partial charge in [0, 0.05) is 29.9 Å². The second-order valence-corrected chi connectivity index (χ2v) is 14.0. The fraction of sp³-hybridized carbons (Fsp3) is 0.611. The van der Waals surface area contributed by atoms with Crippen LogP contribution in [-0.2, 0) is 23.7 Å². The Kier molecular flexibility index (Phi) is 12.1. The fourth-order valence-electron chi connectivity index (χ4n) is 7.46. The van der Waals surface area contributed by atoms with Gasteiger partial charge in [0.25, 0.3) is 0 Å². The zero-order valence-corrected chi connectivity index (χ0v) is 28.8. The van der Waals surface area contributed by atoms with Gasteiger partial charge in [-0.25, -0.2) is 4.79 Å². The highest BCUT2D eigenvalue weighted by atomic mass is 16.8. The van der Waals surface area contributed by atoms with E-state index in [1.165, 1.54) is 6.07 Å². The lowest BCUT2D eigenvalue weighted by Crippen LogP contribution is -2.62. The van der Waals surface area contributed by atoms with Gasteiger partial charge in [0.15, 0.2) is 6.29 Å². The van der Waals surface area contributed by atoms with Crippen molar-refractivity contribution in [1.82, 2.24) is 0 Å². The van der Waals surface area contributed by atoms with Crippen LogP contribution in [0.15, 0.2) is 63.3 Å². The minimum atomic E-state index is -2.34. The van der Waals surface area contributed by atoms with Gasteiger partial charge >= 0.3 is 11.6 Å². The van der Waals surface area contributed by atoms with E-state index in [2.05, 4.69) is 19.6 Å². The summed E-state index contributed by atoms with van der Waals surface area (Å²) in [5, 5.41) is 72.5. The summed E-state index contributed by atoms with van der Waals surface area (Å²) in [6.45, 7) is 8.22. The Balaban J connectivity index is 1.23. The van der Waals surface area contributed by atoms with Crippen LogP contribution in [0.25, 0.3) is 11.0 Å². The highest BCUT2D eigenvalue weighted by Crippen LogP contribution is 2.51. The highest BCUT2D eigenvalue weighted by molar-refractivity contribution is 5.77. The van der Waals surface area contributed by atoms with Gasteiger partial charge < -0.3 is 63.8 Å². The smallest absolute Gasteiger partial charge is 0.336 e. The number of benzene rings is 1. The molecule has 1 aliphatic carbocycles. The van der Waals surface area contributed by atoms with Crippen LogP contribution in [0.4, 0.5) is 0 Å². The maximum absolute atomic E-state index is 13.2. The van der Waals surface area contributed by atoms with Crippen LogP contribution in [0.5, 0.6) is 5.75 Å². The summed E-state index contributed by atoms with van der Waals surface area (Å²) >= 11 is 0. The van der Waals surface area contributed by atoms with Gasteiger partial charge in [0.1, 0.15) is 67.3 Å². The van der Waals surface area contributed by atoms with Gasteiger partial charge in [-0.2, -0.15) is 0 Å². The number of hydrogen-bond acceptors (Lipinski definition) is 15. The third-order valence-corrected chi connectivity index (χ3v) is 10.6. The van der Waals surface area contributed by atoms with E-state index >= 15 is 0 Å². The molecule has 3 aliphatic rings. The lowest BCUT2D eigenvalue weighted by Gasteiger charge is -2.47. The molecule has 1 aromatic carbocycles. The Morgan fingerprint density at radius 1 is 1.00 bits per heavy atom. The largest absolute Gasteiger partial charge is 0.493 e. The molecule has 0 saturated carbocycles. The molecule has 7 N–H and O–H groups in total. The summed E-state index contributed by atoms with van der Waals surface area (Å²) in [5.74, 6) is -2.57. The predicted octanol–water partition coefficient (Wildman–Crippen LogP) is 0.286. The lowest BCUT2D eigenvalue weighted by atomic mass is 9.58. The Bertz CT molecular complexity index is 1640. The van der Waals surface area contributed by atoms with Crippen molar-refractivity contribution in [3.05, 3.63) is 64.6 Å². The third-order valence-electron chi connectivity index (χ3n) is 10.6. The Hall–Kier alpha value is -3.22. The molecule has 15 nitrogen and oxygen atoms in total. The minimum Gasteiger partial charge on any atom is -0.493 e. The lowest BCUT2D eigenvalue weighted by molar-refractivity contribution is -0.383. The molecule has 2 aromatic rings. The first-order chi connectivity index (χ1) is 24.1. The van der Waals surface area contributed by atoms with Crippen molar-refractivity contribution in [2.45, 2.75) is 94.8 Å². The number of carbonyl (C=O) groups excluding carboxylic acids is 1. The molecule has 15 heteroatoms. The van der Waals surface area contributed by atoms with Crippen LogP contribution >= 0.6 is 0 Å². The molecule has 3 heterocycles. The van der Waals surface area contributed by atoms with E-state index < -0.39 is 91.6 Å². The van der Waals surface area contributed by atoms with Crippen LogP contribution in [0.3, 0.4) is 0 Å². The van der Waals surface area contributed by atoms with Crippen molar-refractivity contribution < 1.29 is 68.6 Å². The molecule has 5 rings (SSSR count). The van der Waals surface area contributed by atoms with Crippen LogP contribution < -0.4 is 10.4 Å². The maximum Gasteiger partial charge on any atom is 0.336 e. The molecule has 12 atom stereocenters. The first kappa shape index (κ1) is 39.0. The summed E-state index contributed by atoms with van der Waals surface area (Å²) in [6, 6.07) is 8.29. The summed E-state index contributed by atoms with van der Waals surface area (Å²) in [6.07, 6.45) is -10.3. The number of aliphatic hydroxyl groups is 7. The van der Waals surface area contributed by atoms with Gasteiger partial charge in [-0.15, -0.1) is 0 Å². The number of aliphatic hydroxyl groups excluding tert-OH is 7.